The van der Waals surface area contributed by atoms with Gasteiger partial charge < -0.3 is 5.32 Å². The molecular weight excluding hydrogens is 373 g/mol. The molecule has 0 aliphatic heterocycles. The molecule has 2 aromatic carbocycles. The molecule has 8 nitrogen and oxygen atoms in total. The topological polar surface area (TPSA) is 118 Å². The van der Waals surface area contributed by atoms with Crippen molar-refractivity contribution in [3.05, 3.63) is 71.8 Å². The van der Waals surface area contributed by atoms with Gasteiger partial charge in [-0.3, -0.25) is 4.79 Å². The molecule has 2 N–H and O–H groups in total. The number of benzene rings is 2. The van der Waals surface area contributed by atoms with Gasteiger partial charge in [0.15, 0.2) is 15.7 Å². The van der Waals surface area contributed by atoms with E-state index < -0.39 is 26.8 Å². The number of hydrogen-bond donors (Lipinski definition) is 2. The van der Waals surface area contributed by atoms with Gasteiger partial charge in [0.25, 0.3) is 0 Å². The number of tetrazole rings is 1. The van der Waals surface area contributed by atoms with Crippen molar-refractivity contribution < 1.29 is 17.6 Å². The number of hydrogen-bond acceptors (Lipinski definition) is 6. The summed E-state index contributed by atoms with van der Waals surface area (Å²) in [4.78, 5) is 12.1. The van der Waals surface area contributed by atoms with Crippen LogP contribution in [-0.4, -0.2) is 41.5 Å². The number of aromatic amines is 1. The Bertz CT molecular complexity index is 993. The fourth-order valence-corrected chi connectivity index (χ4v) is 4.20. The van der Waals surface area contributed by atoms with E-state index in [1.807, 2.05) is 0 Å². The van der Waals surface area contributed by atoms with E-state index in [0.29, 0.717) is 5.56 Å². The molecule has 0 spiro atoms. The van der Waals surface area contributed by atoms with Crippen molar-refractivity contribution in [1.82, 2.24) is 25.9 Å². The molecule has 0 bridgehead atoms. The largest absolute Gasteiger partial charge is 0.354 e. The predicted octanol–water partition coefficient (Wildman–Crippen LogP) is 1.21. The van der Waals surface area contributed by atoms with Gasteiger partial charge in [-0.15, -0.1) is 10.2 Å². The van der Waals surface area contributed by atoms with Gasteiger partial charge in [-0.1, -0.05) is 35.5 Å². The first-order valence-electron chi connectivity index (χ1n) is 8.00. The van der Waals surface area contributed by atoms with Crippen molar-refractivity contribution in [1.29, 1.82) is 0 Å². The van der Waals surface area contributed by atoms with Crippen molar-refractivity contribution in [3.8, 4) is 0 Å². The van der Waals surface area contributed by atoms with E-state index in [1.165, 1.54) is 12.1 Å². The van der Waals surface area contributed by atoms with E-state index in [4.69, 9.17) is 0 Å². The van der Waals surface area contributed by atoms with E-state index in [2.05, 4.69) is 25.9 Å². The highest BCUT2D eigenvalue weighted by Gasteiger charge is 2.29. The molecule has 1 amide bonds. The molecule has 10 heteroatoms. The molecule has 0 fully saturated rings. The maximum atomic E-state index is 13.2. The van der Waals surface area contributed by atoms with Gasteiger partial charge in [0.05, 0.1) is 11.3 Å². The average Bonchev–Trinajstić information content (AvgIpc) is 3.16. The number of rotatable bonds is 7. The van der Waals surface area contributed by atoms with Gasteiger partial charge >= 0.3 is 0 Å². The summed E-state index contributed by atoms with van der Waals surface area (Å²) in [6.07, 6.45) is -0.130. The monoisotopic (exact) mass is 389 g/mol. The van der Waals surface area contributed by atoms with Crippen molar-refractivity contribution in [2.24, 2.45) is 0 Å². The molecule has 0 radical (unpaired) electrons. The lowest BCUT2D eigenvalue weighted by Crippen LogP contribution is -2.33. The first-order valence-corrected chi connectivity index (χ1v) is 9.55. The second-order valence-electron chi connectivity index (χ2n) is 5.71. The van der Waals surface area contributed by atoms with Crippen molar-refractivity contribution >= 4 is 15.7 Å². The highest BCUT2D eigenvalue weighted by atomic mass is 32.2. The van der Waals surface area contributed by atoms with E-state index in [0.717, 1.165) is 12.1 Å². The molecule has 1 aromatic heterocycles. The lowest BCUT2D eigenvalue weighted by molar-refractivity contribution is -0.120. The van der Waals surface area contributed by atoms with Crippen molar-refractivity contribution in [2.75, 3.05) is 6.54 Å². The van der Waals surface area contributed by atoms with Gasteiger partial charge in [0.2, 0.25) is 5.91 Å². The standard InChI is InChI=1S/C17H16FN5O3S/c18-13-6-8-14(9-7-13)27(25,26)15(12-4-2-1-3-5-12)11-19-17(24)10-16-20-22-23-21-16/h1-9,15H,10-11H2,(H,19,24)(H,20,21,22,23). The quantitative estimate of drug-likeness (QED) is 0.587. The summed E-state index contributed by atoms with van der Waals surface area (Å²) in [5.74, 6) is -0.768. The Kier molecular flexibility index (Phi) is 5.55. The van der Waals surface area contributed by atoms with E-state index in [-0.39, 0.29) is 23.7 Å². The molecule has 27 heavy (non-hydrogen) atoms. The Morgan fingerprint density at radius 2 is 1.81 bits per heavy atom. The molecule has 0 aliphatic rings. The number of halogens is 1. The Balaban J connectivity index is 1.83. The summed E-state index contributed by atoms with van der Waals surface area (Å²) in [5.41, 5.74) is 0.515. The zero-order chi connectivity index (χ0) is 19.3. The summed E-state index contributed by atoms with van der Waals surface area (Å²) in [6.45, 7) is -0.152. The maximum absolute atomic E-state index is 13.2. The van der Waals surface area contributed by atoms with E-state index in [9.17, 15) is 17.6 Å². The van der Waals surface area contributed by atoms with Crippen LogP contribution in [0.15, 0.2) is 59.5 Å². The van der Waals surface area contributed by atoms with E-state index >= 15 is 0 Å². The molecule has 1 unspecified atom stereocenters. The fourth-order valence-electron chi connectivity index (χ4n) is 2.53. The summed E-state index contributed by atoms with van der Waals surface area (Å²) < 4.78 is 39.3. The van der Waals surface area contributed by atoms with Gasteiger partial charge in [0.1, 0.15) is 11.1 Å². The minimum absolute atomic E-state index is 0.0230. The van der Waals surface area contributed by atoms with Gasteiger partial charge in [-0.25, -0.2) is 12.8 Å². The van der Waals surface area contributed by atoms with Crippen LogP contribution in [0.5, 0.6) is 0 Å². The molecule has 3 aromatic rings. The van der Waals surface area contributed by atoms with Crippen LogP contribution in [0.1, 0.15) is 16.6 Å². The van der Waals surface area contributed by atoms with Crippen LogP contribution >= 0.6 is 0 Å². The van der Waals surface area contributed by atoms with Crippen LogP contribution in [0.2, 0.25) is 0 Å². The van der Waals surface area contributed by atoms with Crippen molar-refractivity contribution in [2.45, 2.75) is 16.6 Å². The molecule has 1 heterocycles. The van der Waals surface area contributed by atoms with Gasteiger partial charge in [0, 0.05) is 6.54 Å². The molecule has 1 atom stereocenters. The van der Waals surface area contributed by atoms with Crippen LogP contribution in [0.25, 0.3) is 0 Å². The zero-order valence-corrected chi connectivity index (χ0v) is 14.9. The number of nitrogens with zero attached hydrogens (tertiary/aromatic N) is 3. The average molecular weight is 389 g/mol. The normalized spacial score (nSPS) is 12.5. The van der Waals surface area contributed by atoms with E-state index in [1.54, 1.807) is 30.3 Å². The number of H-pyrrole nitrogens is 1. The predicted molar refractivity (Wildman–Crippen MR) is 93.7 cm³/mol. The highest BCUT2D eigenvalue weighted by Crippen LogP contribution is 2.28. The number of aromatic nitrogens is 4. The Morgan fingerprint density at radius 1 is 1.11 bits per heavy atom. The maximum Gasteiger partial charge on any atom is 0.227 e. The van der Waals surface area contributed by atoms with Crippen LogP contribution in [0, 0.1) is 5.82 Å². The minimum atomic E-state index is -3.86. The third-order valence-corrected chi connectivity index (χ3v) is 6.00. The molecule has 140 valence electrons. The first-order chi connectivity index (χ1) is 13.0. The summed E-state index contributed by atoms with van der Waals surface area (Å²) in [6, 6.07) is 13.1. The summed E-state index contributed by atoms with van der Waals surface area (Å²) in [7, 11) is -3.86. The lowest BCUT2D eigenvalue weighted by atomic mass is 10.1. The van der Waals surface area contributed by atoms with Crippen LogP contribution in [0.4, 0.5) is 4.39 Å². The lowest BCUT2D eigenvalue weighted by Gasteiger charge is -2.19. The summed E-state index contributed by atoms with van der Waals surface area (Å²) >= 11 is 0. The summed E-state index contributed by atoms with van der Waals surface area (Å²) in [5, 5.41) is 14.5. The second kappa shape index (κ2) is 8.04. The van der Waals surface area contributed by atoms with Crippen LogP contribution < -0.4 is 5.32 Å². The molecule has 0 saturated carbocycles. The molecule has 0 aliphatic carbocycles. The SMILES string of the molecule is O=C(Cc1nn[nH]n1)NCC(c1ccccc1)S(=O)(=O)c1ccc(F)cc1. The van der Waals surface area contributed by atoms with Crippen LogP contribution in [0.3, 0.4) is 0 Å². The number of carbonyl (C=O) groups is 1. The fraction of sp³-hybridized carbons (Fsp3) is 0.176. The molecular formula is C17H16FN5O3S. The number of sulfone groups is 1. The molecule has 0 saturated heterocycles. The number of amides is 1. The third-order valence-electron chi connectivity index (χ3n) is 3.88. The second-order valence-corrected chi connectivity index (χ2v) is 7.84. The Hall–Kier alpha value is -3.14. The third kappa shape index (κ3) is 4.53. The smallest absolute Gasteiger partial charge is 0.227 e. The number of nitrogens with one attached hydrogen (secondary N) is 2. The highest BCUT2D eigenvalue weighted by molar-refractivity contribution is 7.91. The van der Waals surface area contributed by atoms with Gasteiger partial charge in [-0.2, -0.15) is 5.21 Å². The van der Waals surface area contributed by atoms with Gasteiger partial charge in [-0.05, 0) is 29.8 Å². The Labute approximate surface area is 154 Å². The molecule has 3 rings (SSSR count). The number of carbonyl (C=O) groups excluding carboxylic acids is 1. The Morgan fingerprint density at radius 3 is 2.44 bits per heavy atom. The van der Waals surface area contributed by atoms with Crippen molar-refractivity contribution in [3.63, 3.8) is 0 Å². The first kappa shape index (κ1) is 18.6. The zero-order valence-electron chi connectivity index (χ0n) is 14.0. The minimum Gasteiger partial charge on any atom is -0.354 e. The van der Waals surface area contributed by atoms with Crippen LogP contribution in [-0.2, 0) is 21.1 Å².